The van der Waals surface area contributed by atoms with Crippen LogP contribution in [-0.2, 0) is 25.1 Å². The number of carbonyl (C=O) groups is 2. The summed E-state index contributed by atoms with van der Waals surface area (Å²) >= 11 is 0. The highest BCUT2D eigenvalue weighted by molar-refractivity contribution is 7.84. The number of fused-ring (bicyclic) bond motifs is 1. The van der Waals surface area contributed by atoms with Crippen molar-refractivity contribution in [3.8, 4) is 0 Å². The lowest BCUT2D eigenvalue weighted by molar-refractivity contribution is -0.152. The van der Waals surface area contributed by atoms with Gasteiger partial charge in [-0.15, -0.1) is 0 Å². The summed E-state index contributed by atoms with van der Waals surface area (Å²) in [4.78, 5) is 35.7. The van der Waals surface area contributed by atoms with Crippen molar-refractivity contribution in [3.63, 3.8) is 0 Å². The highest BCUT2D eigenvalue weighted by Crippen LogP contribution is 2.32. The number of imidazole rings is 1. The maximum Gasteiger partial charge on any atom is 0.335 e. The molecule has 1 aliphatic rings. The third-order valence-corrected chi connectivity index (χ3v) is 5.07. The number of nitrogens with one attached hydrogen (secondary N) is 1. The lowest BCUT2D eigenvalue weighted by atomic mass is 10.1. The Bertz CT molecular complexity index is 936. The SMILES string of the molecule is CS(=O)C[C@@H](N)C(=O)N[C@H]1[C@@H](O)[C@H](n2cnc3c(N)ncnc32)O[C@@H]1C(=O)O. The number of carboxylic acids is 1. The summed E-state index contributed by atoms with van der Waals surface area (Å²) in [5.41, 5.74) is 11.9. The molecule has 3 rings (SSSR count). The molecule has 1 saturated heterocycles. The Labute approximate surface area is 160 Å². The molecule has 152 valence electrons. The number of nitrogens with zero attached hydrogens (tertiary/aromatic N) is 4. The van der Waals surface area contributed by atoms with Gasteiger partial charge in [-0.05, 0) is 0 Å². The van der Waals surface area contributed by atoms with Crippen LogP contribution < -0.4 is 16.8 Å². The number of nitrogens with two attached hydrogens (primary N) is 2. The quantitative estimate of drug-likeness (QED) is 0.321. The molecule has 1 unspecified atom stereocenters. The number of carbonyl (C=O) groups excluding carboxylic acids is 1. The molecule has 1 aliphatic heterocycles. The summed E-state index contributed by atoms with van der Waals surface area (Å²) in [6.45, 7) is 0. The predicted molar refractivity (Wildman–Crippen MR) is 96.1 cm³/mol. The van der Waals surface area contributed by atoms with Gasteiger partial charge < -0.3 is 31.7 Å². The van der Waals surface area contributed by atoms with Crippen LogP contribution in [-0.4, -0.2) is 82.1 Å². The van der Waals surface area contributed by atoms with Crippen molar-refractivity contribution in [3.05, 3.63) is 12.7 Å². The van der Waals surface area contributed by atoms with Crippen molar-refractivity contribution in [2.24, 2.45) is 5.73 Å². The first-order valence-electron chi connectivity index (χ1n) is 8.06. The number of hydrogen-bond donors (Lipinski definition) is 5. The van der Waals surface area contributed by atoms with Crippen molar-refractivity contribution >= 4 is 39.7 Å². The van der Waals surface area contributed by atoms with E-state index < -0.39 is 53.2 Å². The lowest BCUT2D eigenvalue weighted by Gasteiger charge is -2.21. The van der Waals surface area contributed by atoms with Crippen LogP contribution >= 0.6 is 0 Å². The van der Waals surface area contributed by atoms with Crippen molar-refractivity contribution in [1.29, 1.82) is 0 Å². The molecule has 0 aliphatic carbocycles. The van der Waals surface area contributed by atoms with E-state index in [-0.39, 0.29) is 22.7 Å². The molecule has 0 radical (unpaired) electrons. The third-order valence-electron chi connectivity index (χ3n) is 4.24. The number of anilines is 1. The van der Waals surface area contributed by atoms with Crippen LogP contribution in [0.1, 0.15) is 6.23 Å². The average Bonchev–Trinajstić information content (AvgIpc) is 3.17. The summed E-state index contributed by atoms with van der Waals surface area (Å²) in [6.07, 6.45) is -0.373. The van der Waals surface area contributed by atoms with Gasteiger partial charge in [0.05, 0.1) is 18.4 Å². The van der Waals surface area contributed by atoms with Gasteiger partial charge in [-0.3, -0.25) is 13.6 Å². The normalized spacial score (nSPS) is 26.8. The number of carboxylic acid groups (broad SMARTS) is 1. The van der Waals surface area contributed by atoms with Gasteiger partial charge in [-0.1, -0.05) is 0 Å². The smallest absolute Gasteiger partial charge is 0.335 e. The molecule has 0 spiro atoms. The van der Waals surface area contributed by atoms with Crippen LogP contribution in [0.4, 0.5) is 5.82 Å². The molecular weight excluding hydrogens is 394 g/mol. The second kappa shape index (κ2) is 7.75. The molecule has 14 heteroatoms. The summed E-state index contributed by atoms with van der Waals surface area (Å²) in [5.74, 6) is -2.15. The molecule has 3 heterocycles. The van der Waals surface area contributed by atoms with Gasteiger partial charge in [-0.25, -0.2) is 19.7 Å². The molecule has 1 fully saturated rings. The van der Waals surface area contributed by atoms with E-state index in [0.717, 1.165) is 0 Å². The topological polar surface area (TPSA) is 209 Å². The Morgan fingerprint density at radius 1 is 1.43 bits per heavy atom. The van der Waals surface area contributed by atoms with E-state index >= 15 is 0 Å². The standard InChI is InChI=1S/C14H19N7O6S/c1-28(26)2-5(15)12(23)20-6-8(22)13(27-9(6)14(24)25)21-4-19-7-10(16)17-3-18-11(7)21/h3-6,8-9,13,22H,2,15H2,1H3,(H,20,23)(H,24,25)(H2,16,17,18)/t5-,6+,8-,9+,13-,28?/m1/s1. The van der Waals surface area contributed by atoms with E-state index in [1.807, 2.05) is 0 Å². The number of aromatic nitrogens is 4. The second-order valence-electron chi connectivity index (χ2n) is 6.24. The summed E-state index contributed by atoms with van der Waals surface area (Å²) in [7, 11) is -1.33. The Kier molecular flexibility index (Phi) is 5.55. The molecule has 7 N–H and O–H groups in total. The van der Waals surface area contributed by atoms with Crippen molar-refractivity contribution in [1.82, 2.24) is 24.8 Å². The zero-order chi connectivity index (χ0) is 20.6. The van der Waals surface area contributed by atoms with Crippen LogP contribution in [0.3, 0.4) is 0 Å². The first kappa shape index (κ1) is 20.1. The van der Waals surface area contributed by atoms with Gasteiger partial charge in [0.25, 0.3) is 0 Å². The molecule has 6 atom stereocenters. The summed E-state index contributed by atoms with van der Waals surface area (Å²) in [6, 6.07) is -2.43. The Morgan fingerprint density at radius 3 is 2.79 bits per heavy atom. The van der Waals surface area contributed by atoms with E-state index in [0.29, 0.717) is 0 Å². The number of nitrogen functional groups attached to an aromatic ring is 1. The van der Waals surface area contributed by atoms with Crippen molar-refractivity contribution in [2.75, 3.05) is 17.7 Å². The Hall–Kier alpha value is -2.68. The molecule has 2 aromatic rings. The van der Waals surface area contributed by atoms with Crippen LogP contribution in [0, 0.1) is 0 Å². The van der Waals surface area contributed by atoms with E-state index in [9.17, 15) is 24.0 Å². The highest BCUT2D eigenvalue weighted by atomic mass is 32.2. The number of aliphatic hydroxyl groups excluding tert-OH is 1. The van der Waals surface area contributed by atoms with Gasteiger partial charge in [0.2, 0.25) is 5.91 Å². The predicted octanol–water partition coefficient (Wildman–Crippen LogP) is -3.06. The number of hydrogen-bond acceptors (Lipinski definition) is 10. The van der Waals surface area contributed by atoms with E-state index in [2.05, 4.69) is 20.3 Å². The van der Waals surface area contributed by atoms with Gasteiger partial charge in [-0.2, -0.15) is 0 Å². The Morgan fingerprint density at radius 2 is 2.14 bits per heavy atom. The number of amides is 1. The maximum absolute atomic E-state index is 12.2. The minimum Gasteiger partial charge on any atom is -0.479 e. The van der Waals surface area contributed by atoms with Gasteiger partial charge in [0, 0.05) is 22.8 Å². The molecule has 28 heavy (non-hydrogen) atoms. The molecular formula is C14H19N7O6S. The fourth-order valence-electron chi connectivity index (χ4n) is 2.93. The van der Waals surface area contributed by atoms with Gasteiger partial charge >= 0.3 is 5.97 Å². The van der Waals surface area contributed by atoms with E-state index in [1.165, 1.54) is 23.5 Å². The first-order valence-corrected chi connectivity index (χ1v) is 9.78. The van der Waals surface area contributed by atoms with Gasteiger partial charge in [0.1, 0.15) is 17.9 Å². The number of rotatable bonds is 6. The van der Waals surface area contributed by atoms with E-state index in [1.54, 1.807) is 0 Å². The number of aliphatic hydroxyl groups is 1. The monoisotopic (exact) mass is 413 g/mol. The summed E-state index contributed by atoms with van der Waals surface area (Å²) in [5, 5.41) is 22.5. The molecule has 2 aromatic heterocycles. The molecule has 0 saturated carbocycles. The summed E-state index contributed by atoms with van der Waals surface area (Å²) < 4.78 is 18.0. The van der Waals surface area contributed by atoms with Crippen LogP contribution in [0.2, 0.25) is 0 Å². The zero-order valence-electron chi connectivity index (χ0n) is 14.6. The van der Waals surface area contributed by atoms with Crippen molar-refractivity contribution in [2.45, 2.75) is 30.5 Å². The van der Waals surface area contributed by atoms with Crippen molar-refractivity contribution < 1.29 is 28.7 Å². The fraction of sp³-hybridized carbons (Fsp3) is 0.500. The molecule has 0 bridgehead atoms. The largest absolute Gasteiger partial charge is 0.479 e. The lowest BCUT2D eigenvalue weighted by Crippen LogP contribution is -2.55. The second-order valence-corrected chi connectivity index (χ2v) is 7.72. The van der Waals surface area contributed by atoms with Crippen LogP contribution in [0.5, 0.6) is 0 Å². The average molecular weight is 413 g/mol. The molecule has 1 amide bonds. The van der Waals surface area contributed by atoms with E-state index in [4.69, 9.17) is 16.2 Å². The number of aliphatic carboxylic acids is 1. The fourth-order valence-corrected chi connectivity index (χ4v) is 3.59. The zero-order valence-corrected chi connectivity index (χ0v) is 15.4. The maximum atomic E-state index is 12.2. The van der Waals surface area contributed by atoms with Gasteiger partial charge in [0.15, 0.2) is 23.8 Å². The highest BCUT2D eigenvalue weighted by Gasteiger charge is 2.49. The van der Waals surface area contributed by atoms with Crippen LogP contribution in [0.25, 0.3) is 11.2 Å². The van der Waals surface area contributed by atoms with Crippen LogP contribution in [0.15, 0.2) is 12.7 Å². The minimum atomic E-state index is -1.56. The number of ether oxygens (including phenoxy) is 1. The minimum absolute atomic E-state index is 0.106. The Balaban J connectivity index is 1.87. The third kappa shape index (κ3) is 3.66. The first-order chi connectivity index (χ1) is 13.2. The molecule has 0 aromatic carbocycles. The molecule has 13 nitrogen and oxygen atoms in total.